The largest absolute Gasteiger partial charge is 0.333 e. The summed E-state index contributed by atoms with van der Waals surface area (Å²) in [7, 11) is 1.65. The molecule has 0 radical (unpaired) electrons. The maximum atomic E-state index is 13.8. The normalized spacial score (nSPS) is 17.0. The molecule has 1 atom stereocenters. The fraction of sp³-hybridized carbons (Fsp3) is 0.167. The van der Waals surface area contributed by atoms with Crippen molar-refractivity contribution in [1.82, 2.24) is 4.90 Å². The second kappa shape index (κ2) is 12.8. The van der Waals surface area contributed by atoms with Gasteiger partial charge in [-0.25, -0.2) is 0 Å². The highest BCUT2D eigenvalue weighted by Gasteiger charge is 2.32. The molecule has 4 rings (SSSR count). The van der Waals surface area contributed by atoms with Crippen LogP contribution in [0.2, 0.25) is 20.1 Å². The fourth-order valence-corrected chi connectivity index (χ4v) is 4.90. The van der Waals surface area contributed by atoms with E-state index < -0.39 is 5.92 Å². The van der Waals surface area contributed by atoms with Gasteiger partial charge in [0.05, 0.1) is 26.0 Å². The minimum Gasteiger partial charge on any atom is -0.333 e. The first-order chi connectivity index (χ1) is 18.2. The molecule has 1 heterocycles. The summed E-state index contributed by atoms with van der Waals surface area (Å²) in [4.78, 5) is 33.2. The average Bonchev–Trinajstić information content (AvgIpc) is 2.90. The lowest BCUT2D eigenvalue weighted by Crippen LogP contribution is -2.45. The predicted octanol–water partition coefficient (Wildman–Crippen LogP) is 7.74. The van der Waals surface area contributed by atoms with Crippen LogP contribution >= 0.6 is 46.4 Å². The maximum absolute atomic E-state index is 13.8. The molecule has 0 spiro atoms. The summed E-state index contributed by atoms with van der Waals surface area (Å²) in [6.45, 7) is 0.305. The van der Waals surface area contributed by atoms with E-state index in [9.17, 15) is 9.59 Å². The van der Waals surface area contributed by atoms with Crippen molar-refractivity contribution >= 4 is 76.5 Å². The number of hydrogen-bond donors (Lipinski definition) is 0. The number of hydrogen-bond acceptors (Lipinski definition) is 3. The van der Waals surface area contributed by atoms with Crippen LogP contribution in [0, 0.1) is 5.92 Å². The molecule has 1 amide bonds. The molecule has 1 aliphatic heterocycles. The first-order valence-electron chi connectivity index (χ1n) is 11.9. The standard InChI is InChI=1S/C30H24Cl4N2O2/c1-35-16-22(11-19-5-3-2-4-6-19)30(38)36-17-23(12-20-7-9-25(31)27(33)14-20)29(37)24(18-36)13-21-8-10-26(32)28(34)15-21/h2-10,12-16,22H,11,17-18H2,1H3/b23-12+,24-13+,35-16?. The van der Waals surface area contributed by atoms with E-state index in [0.717, 1.165) is 5.56 Å². The Labute approximate surface area is 242 Å². The maximum Gasteiger partial charge on any atom is 0.232 e. The molecule has 1 saturated heterocycles. The Kier molecular flexibility index (Phi) is 9.45. The zero-order chi connectivity index (χ0) is 27.2. The predicted molar refractivity (Wildman–Crippen MR) is 159 cm³/mol. The average molecular weight is 586 g/mol. The molecule has 3 aromatic rings. The number of aliphatic imine (C=N–C) groups is 1. The summed E-state index contributed by atoms with van der Waals surface area (Å²) >= 11 is 24.6. The highest BCUT2D eigenvalue weighted by Crippen LogP contribution is 2.29. The van der Waals surface area contributed by atoms with Gasteiger partial charge in [0.1, 0.15) is 0 Å². The van der Waals surface area contributed by atoms with E-state index in [1.165, 1.54) is 0 Å². The molecule has 1 unspecified atom stereocenters. The molecular formula is C30H24Cl4N2O2. The van der Waals surface area contributed by atoms with Crippen molar-refractivity contribution in [3.63, 3.8) is 0 Å². The number of piperidine rings is 1. The number of nitrogens with zero attached hydrogens (tertiary/aromatic N) is 2. The summed E-state index contributed by atoms with van der Waals surface area (Å²) in [5.41, 5.74) is 3.36. The molecule has 0 aromatic heterocycles. The lowest BCUT2D eigenvalue weighted by atomic mass is 9.92. The van der Waals surface area contributed by atoms with Crippen molar-refractivity contribution in [2.75, 3.05) is 20.1 Å². The third-order valence-electron chi connectivity index (χ3n) is 6.13. The van der Waals surface area contributed by atoms with E-state index in [0.29, 0.717) is 48.8 Å². The summed E-state index contributed by atoms with van der Waals surface area (Å²) in [5.74, 6) is -0.755. The van der Waals surface area contributed by atoms with Gasteiger partial charge < -0.3 is 9.89 Å². The van der Waals surface area contributed by atoms with Crippen molar-refractivity contribution in [2.24, 2.45) is 10.9 Å². The van der Waals surface area contributed by atoms with Crippen LogP contribution in [-0.4, -0.2) is 42.9 Å². The van der Waals surface area contributed by atoms with E-state index in [2.05, 4.69) is 4.99 Å². The molecule has 4 nitrogen and oxygen atoms in total. The van der Waals surface area contributed by atoms with Crippen molar-refractivity contribution in [1.29, 1.82) is 0 Å². The topological polar surface area (TPSA) is 49.7 Å². The van der Waals surface area contributed by atoms with Gasteiger partial charge in [-0.1, -0.05) is 88.9 Å². The van der Waals surface area contributed by atoms with Crippen LogP contribution in [-0.2, 0) is 16.0 Å². The minimum absolute atomic E-state index is 0.118. The molecule has 1 aliphatic rings. The summed E-state index contributed by atoms with van der Waals surface area (Å²) in [6, 6.07) is 20.1. The quantitative estimate of drug-likeness (QED) is 0.219. The zero-order valence-corrected chi connectivity index (χ0v) is 23.5. The lowest BCUT2D eigenvalue weighted by Gasteiger charge is -2.32. The van der Waals surface area contributed by atoms with Crippen molar-refractivity contribution in [3.05, 3.63) is 115 Å². The number of carbonyl (C=O) groups is 2. The van der Waals surface area contributed by atoms with E-state index in [1.807, 2.05) is 30.3 Å². The van der Waals surface area contributed by atoms with Crippen LogP contribution in [0.3, 0.4) is 0 Å². The number of ketones is 1. The van der Waals surface area contributed by atoms with Crippen molar-refractivity contribution < 1.29 is 9.59 Å². The number of likely N-dealkylation sites (tertiary alicyclic amines) is 1. The minimum atomic E-state index is -0.479. The summed E-state index contributed by atoms with van der Waals surface area (Å²) in [5, 5.41) is 1.60. The van der Waals surface area contributed by atoms with Gasteiger partial charge in [-0.3, -0.25) is 9.59 Å². The number of benzene rings is 3. The Bertz CT molecular complexity index is 1370. The van der Waals surface area contributed by atoms with Crippen LogP contribution < -0.4 is 0 Å². The number of halogens is 4. The highest BCUT2D eigenvalue weighted by atomic mass is 35.5. The van der Waals surface area contributed by atoms with Gasteiger partial charge in [-0.2, -0.15) is 0 Å². The molecule has 0 saturated carbocycles. The highest BCUT2D eigenvalue weighted by molar-refractivity contribution is 6.42. The monoisotopic (exact) mass is 584 g/mol. The molecule has 194 valence electrons. The van der Waals surface area contributed by atoms with Gasteiger partial charge in [0.2, 0.25) is 5.91 Å². The number of Topliss-reactive ketones (excluding diaryl/α,β-unsaturated/α-hetero) is 1. The van der Waals surface area contributed by atoms with Gasteiger partial charge in [0.15, 0.2) is 5.78 Å². The molecule has 3 aromatic carbocycles. The Morgan fingerprint density at radius 1 is 0.842 bits per heavy atom. The van der Waals surface area contributed by atoms with Crippen LogP contribution in [0.1, 0.15) is 16.7 Å². The Morgan fingerprint density at radius 3 is 1.84 bits per heavy atom. The molecule has 0 aliphatic carbocycles. The number of rotatable bonds is 6. The number of amides is 1. The van der Waals surface area contributed by atoms with E-state index in [1.54, 1.807) is 66.7 Å². The van der Waals surface area contributed by atoms with E-state index in [-0.39, 0.29) is 24.8 Å². The number of carbonyl (C=O) groups excluding carboxylic acids is 2. The van der Waals surface area contributed by atoms with E-state index >= 15 is 0 Å². The molecule has 1 fully saturated rings. The third kappa shape index (κ3) is 6.95. The van der Waals surface area contributed by atoms with E-state index in [4.69, 9.17) is 46.4 Å². The molecule has 38 heavy (non-hydrogen) atoms. The zero-order valence-electron chi connectivity index (χ0n) is 20.5. The molecule has 0 bridgehead atoms. The first-order valence-corrected chi connectivity index (χ1v) is 13.4. The van der Waals surface area contributed by atoms with Crippen LogP contribution in [0.5, 0.6) is 0 Å². The molecule has 0 N–H and O–H groups in total. The van der Waals surface area contributed by atoms with Crippen LogP contribution in [0.15, 0.2) is 82.9 Å². The van der Waals surface area contributed by atoms with Gasteiger partial charge in [0, 0.05) is 37.5 Å². The Morgan fingerprint density at radius 2 is 1.37 bits per heavy atom. The Hall–Kier alpha value is -2.89. The smallest absolute Gasteiger partial charge is 0.232 e. The Balaban J connectivity index is 1.72. The molecule has 8 heteroatoms. The second-order valence-electron chi connectivity index (χ2n) is 8.91. The first kappa shape index (κ1) is 28.1. The van der Waals surface area contributed by atoms with Gasteiger partial charge >= 0.3 is 0 Å². The van der Waals surface area contributed by atoms with Gasteiger partial charge in [-0.05, 0) is 59.5 Å². The van der Waals surface area contributed by atoms with Crippen LogP contribution in [0.25, 0.3) is 12.2 Å². The van der Waals surface area contributed by atoms with Crippen molar-refractivity contribution in [3.8, 4) is 0 Å². The molecular weight excluding hydrogens is 562 g/mol. The van der Waals surface area contributed by atoms with Crippen molar-refractivity contribution in [2.45, 2.75) is 6.42 Å². The second-order valence-corrected chi connectivity index (χ2v) is 10.5. The van der Waals surface area contributed by atoms with Gasteiger partial charge in [-0.15, -0.1) is 0 Å². The summed E-state index contributed by atoms with van der Waals surface area (Å²) in [6.07, 6.45) is 5.65. The third-order valence-corrected chi connectivity index (χ3v) is 7.61. The lowest BCUT2D eigenvalue weighted by molar-refractivity contribution is -0.133. The fourth-order valence-electron chi connectivity index (χ4n) is 4.29. The summed E-state index contributed by atoms with van der Waals surface area (Å²) < 4.78 is 0. The SMILES string of the molecule is CN=CC(Cc1ccccc1)C(=O)N1C/C(=C\c2ccc(Cl)c(Cl)c2)C(=O)/C(=C/c2ccc(Cl)c(Cl)c2)C1. The van der Waals surface area contributed by atoms with Gasteiger partial charge in [0.25, 0.3) is 0 Å². The van der Waals surface area contributed by atoms with Crippen LogP contribution in [0.4, 0.5) is 0 Å².